The normalized spacial score (nSPS) is 19.1. The number of hydrogen-bond acceptors (Lipinski definition) is 3. The highest BCUT2D eigenvalue weighted by atomic mass is 15.3. The van der Waals surface area contributed by atoms with Crippen molar-refractivity contribution in [3.8, 4) is 6.07 Å². The van der Waals surface area contributed by atoms with Crippen LogP contribution in [0.1, 0.15) is 25.3 Å². The standard InChI is InChI=1S/C12H18N4/c1-3-14-12(8-13,11-4-5-11)9-16-7-10(2)6-15-16/h6-7,11,14H,3-5,9H2,1-2H3. The Labute approximate surface area is 96.3 Å². The van der Waals surface area contributed by atoms with Crippen molar-refractivity contribution in [2.24, 2.45) is 5.92 Å². The molecule has 0 radical (unpaired) electrons. The van der Waals surface area contributed by atoms with Crippen LogP contribution in [-0.2, 0) is 6.54 Å². The Balaban J connectivity index is 2.16. The van der Waals surface area contributed by atoms with Crippen LogP contribution in [0.15, 0.2) is 12.4 Å². The lowest BCUT2D eigenvalue weighted by Crippen LogP contribution is -2.49. The molecule has 1 aliphatic rings. The number of hydrogen-bond donors (Lipinski definition) is 1. The smallest absolute Gasteiger partial charge is 0.129 e. The first-order valence-corrected chi connectivity index (χ1v) is 5.85. The summed E-state index contributed by atoms with van der Waals surface area (Å²) < 4.78 is 1.87. The van der Waals surface area contributed by atoms with Gasteiger partial charge >= 0.3 is 0 Å². The van der Waals surface area contributed by atoms with Crippen molar-refractivity contribution in [3.63, 3.8) is 0 Å². The molecule has 86 valence electrons. The zero-order valence-corrected chi connectivity index (χ0v) is 9.90. The van der Waals surface area contributed by atoms with Gasteiger partial charge in [0.2, 0.25) is 0 Å². The van der Waals surface area contributed by atoms with Gasteiger partial charge in [0, 0.05) is 6.20 Å². The van der Waals surface area contributed by atoms with E-state index in [-0.39, 0.29) is 0 Å². The van der Waals surface area contributed by atoms with Gasteiger partial charge in [-0.05, 0) is 37.8 Å². The first kappa shape index (κ1) is 11.2. The molecule has 1 aromatic rings. The number of nitrogens with one attached hydrogen (secondary N) is 1. The average Bonchev–Trinajstić information content (AvgIpc) is 3.04. The molecule has 1 N–H and O–H groups in total. The SMILES string of the molecule is CCNC(C#N)(Cn1cc(C)cn1)C1CC1. The van der Waals surface area contributed by atoms with E-state index in [1.165, 1.54) is 0 Å². The molecule has 1 atom stereocenters. The summed E-state index contributed by atoms with van der Waals surface area (Å²) in [6.07, 6.45) is 6.13. The van der Waals surface area contributed by atoms with Crippen LogP contribution >= 0.6 is 0 Å². The Morgan fingerprint density at radius 3 is 2.88 bits per heavy atom. The Kier molecular flexibility index (Phi) is 2.97. The number of likely N-dealkylation sites (N-methyl/N-ethyl adjacent to an activating group) is 1. The third-order valence-electron chi connectivity index (χ3n) is 3.14. The van der Waals surface area contributed by atoms with Crippen molar-refractivity contribution in [3.05, 3.63) is 18.0 Å². The zero-order valence-electron chi connectivity index (χ0n) is 9.90. The molecular formula is C12H18N4. The van der Waals surface area contributed by atoms with Gasteiger partial charge in [0.05, 0.1) is 18.8 Å². The molecule has 2 rings (SSSR count). The van der Waals surface area contributed by atoms with E-state index in [1.807, 2.05) is 30.9 Å². The predicted molar refractivity (Wildman–Crippen MR) is 61.7 cm³/mol. The Morgan fingerprint density at radius 2 is 2.44 bits per heavy atom. The quantitative estimate of drug-likeness (QED) is 0.814. The third-order valence-corrected chi connectivity index (χ3v) is 3.14. The van der Waals surface area contributed by atoms with Gasteiger partial charge in [-0.3, -0.25) is 10.00 Å². The number of nitrogens with zero attached hydrogens (tertiary/aromatic N) is 3. The van der Waals surface area contributed by atoms with Crippen LogP contribution in [0, 0.1) is 24.2 Å². The maximum Gasteiger partial charge on any atom is 0.129 e. The second-order valence-corrected chi connectivity index (χ2v) is 4.60. The van der Waals surface area contributed by atoms with E-state index < -0.39 is 5.54 Å². The van der Waals surface area contributed by atoms with E-state index in [1.54, 1.807) is 0 Å². The Morgan fingerprint density at radius 1 is 1.69 bits per heavy atom. The van der Waals surface area contributed by atoms with Gasteiger partial charge in [0.15, 0.2) is 0 Å². The molecule has 0 bridgehead atoms. The van der Waals surface area contributed by atoms with E-state index in [0.29, 0.717) is 12.5 Å². The summed E-state index contributed by atoms with van der Waals surface area (Å²) in [5, 5.41) is 17.0. The second kappa shape index (κ2) is 4.26. The topological polar surface area (TPSA) is 53.6 Å². The fraction of sp³-hybridized carbons (Fsp3) is 0.667. The summed E-state index contributed by atoms with van der Waals surface area (Å²) >= 11 is 0. The molecule has 1 unspecified atom stereocenters. The minimum Gasteiger partial charge on any atom is -0.298 e. The zero-order chi connectivity index (χ0) is 11.6. The van der Waals surface area contributed by atoms with E-state index in [4.69, 9.17) is 0 Å². The molecule has 1 aliphatic carbocycles. The maximum absolute atomic E-state index is 9.43. The second-order valence-electron chi connectivity index (χ2n) is 4.60. The van der Waals surface area contributed by atoms with E-state index in [9.17, 15) is 5.26 Å². The highest BCUT2D eigenvalue weighted by Crippen LogP contribution is 2.40. The van der Waals surface area contributed by atoms with Crippen LogP contribution in [0.25, 0.3) is 0 Å². The van der Waals surface area contributed by atoms with Crippen LogP contribution < -0.4 is 5.32 Å². The van der Waals surface area contributed by atoms with E-state index >= 15 is 0 Å². The first-order chi connectivity index (χ1) is 7.70. The lowest BCUT2D eigenvalue weighted by atomic mass is 9.95. The molecular weight excluding hydrogens is 200 g/mol. The summed E-state index contributed by atoms with van der Waals surface area (Å²) in [4.78, 5) is 0. The third kappa shape index (κ3) is 2.10. The molecule has 0 aromatic carbocycles. The van der Waals surface area contributed by atoms with E-state index in [0.717, 1.165) is 24.9 Å². The van der Waals surface area contributed by atoms with Gasteiger partial charge in [-0.25, -0.2) is 0 Å². The van der Waals surface area contributed by atoms with Crippen LogP contribution in [0.3, 0.4) is 0 Å². The van der Waals surface area contributed by atoms with Gasteiger partial charge in [-0.15, -0.1) is 0 Å². The molecule has 4 heteroatoms. The van der Waals surface area contributed by atoms with Gasteiger partial charge in [-0.2, -0.15) is 10.4 Å². The summed E-state index contributed by atoms with van der Waals surface area (Å²) in [6.45, 7) is 5.53. The summed E-state index contributed by atoms with van der Waals surface area (Å²) in [5.41, 5.74) is 0.715. The molecule has 1 heterocycles. The van der Waals surface area contributed by atoms with Crippen molar-refractivity contribution in [2.75, 3.05) is 6.54 Å². The summed E-state index contributed by atoms with van der Waals surface area (Å²) in [6, 6.07) is 2.46. The molecule has 1 aromatic heterocycles. The molecule has 0 spiro atoms. The van der Waals surface area contributed by atoms with Crippen LogP contribution in [0.4, 0.5) is 0 Å². The lowest BCUT2D eigenvalue weighted by molar-refractivity contribution is 0.311. The fourth-order valence-corrected chi connectivity index (χ4v) is 2.20. The number of nitriles is 1. The van der Waals surface area contributed by atoms with Gasteiger partial charge < -0.3 is 0 Å². The summed E-state index contributed by atoms with van der Waals surface area (Å²) in [7, 11) is 0. The van der Waals surface area contributed by atoms with Crippen molar-refractivity contribution >= 4 is 0 Å². The Bertz CT molecular complexity index is 399. The van der Waals surface area contributed by atoms with Gasteiger partial charge in [0.25, 0.3) is 0 Å². The Hall–Kier alpha value is -1.34. The van der Waals surface area contributed by atoms with Crippen molar-refractivity contribution < 1.29 is 0 Å². The van der Waals surface area contributed by atoms with Crippen molar-refractivity contribution in [2.45, 2.75) is 38.8 Å². The minimum absolute atomic E-state index is 0.423. The van der Waals surface area contributed by atoms with Crippen LogP contribution in [0.5, 0.6) is 0 Å². The predicted octanol–water partition coefficient (Wildman–Crippen LogP) is 1.47. The molecule has 1 fully saturated rings. The molecule has 1 saturated carbocycles. The number of aromatic nitrogens is 2. The lowest BCUT2D eigenvalue weighted by Gasteiger charge is -2.27. The van der Waals surface area contributed by atoms with Crippen LogP contribution in [0.2, 0.25) is 0 Å². The molecule has 16 heavy (non-hydrogen) atoms. The minimum atomic E-state index is -0.423. The molecule has 0 amide bonds. The van der Waals surface area contributed by atoms with Crippen molar-refractivity contribution in [1.82, 2.24) is 15.1 Å². The monoisotopic (exact) mass is 218 g/mol. The highest BCUT2D eigenvalue weighted by molar-refractivity contribution is 5.15. The van der Waals surface area contributed by atoms with Gasteiger partial charge in [-0.1, -0.05) is 6.92 Å². The maximum atomic E-state index is 9.43. The number of aryl methyl sites for hydroxylation is 1. The molecule has 0 aliphatic heterocycles. The summed E-state index contributed by atoms with van der Waals surface area (Å²) in [5.74, 6) is 0.488. The molecule has 4 nitrogen and oxygen atoms in total. The highest BCUT2D eigenvalue weighted by Gasteiger charge is 2.45. The largest absolute Gasteiger partial charge is 0.298 e. The van der Waals surface area contributed by atoms with Crippen molar-refractivity contribution in [1.29, 1.82) is 5.26 Å². The molecule has 0 saturated heterocycles. The van der Waals surface area contributed by atoms with Crippen LogP contribution in [-0.4, -0.2) is 21.9 Å². The van der Waals surface area contributed by atoms with E-state index in [2.05, 4.69) is 16.5 Å². The van der Waals surface area contributed by atoms with Gasteiger partial charge in [0.1, 0.15) is 5.54 Å². The fourth-order valence-electron chi connectivity index (χ4n) is 2.20. The average molecular weight is 218 g/mol. The first-order valence-electron chi connectivity index (χ1n) is 5.85. The number of rotatable bonds is 5.